The number of nitriles is 1. The molecule has 0 unspecified atom stereocenters. The number of pyridine rings is 1. The van der Waals surface area contributed by atoms with Crippen molar-refractivity contribution >= 4 is 29.0 Å². The first-order chi connectivity index (χ1) is 21.2. The van der Waals surface area contributed by atoms with Crippen molar-refractivity contribution in [2.24, 2.45) is 0 Å². The van der Waals surface area contributed by atoms with Gasteiger partial charge in [-0.25, -0.2) is 9.37 Å². The molecule has 240 valence electrons. The molecular formula is C31H36F4N8O2. The summed E-state index contributed by atoms with van der Waals surface area (Å²) in [4.78, 5) is 37.0. The van der Waals surface area contributed by atoms with Crippen molar-refractivity contribution < 1.29 is 27.2 Å². The Balaban J connectivity index is 1.38. The number of para-hydroxylation sites is 1. The second-order valence-electron chi connectivity index (χ2n) is 12.1. The average Bonchev–Trinajstić information content (AvgIpc) is 2.96. The highest BCUT2D eigenvalue weighted by molar-refractivity contribution is 6.01. The van der Waals surface area contributed by atoms with Crippen LogP contribution in [0.2, 0.25) is 0 Å². The number of hydrogen-bond acceptors (Lipinski definition) is 8. The van der Waals surface area contributed by atoms with Gasteiger partial charge in [0.2, 0.25) is 11.8 Å². The molecule has 2 aromatic rings. The molecular weight excluding hydrogens is 592 g/mol. The predicted molar refractivity (Wildman–Crippen MR) is 161 cm³/mol. The zero-order valence-corrected chi connectivity index (χ0v) is 25.4. The van der Waals surface area contributed by atoms with Gasteiger partial charge in [-0.2, -0.15) is 18.4 Å². The number of aryl methyl sites for hydroxylation is 1. The lowest BCUT2D eigenvalue weighted by atomic mass is 9.85. The molecule has 2 saturated heterocycles. The van der Waals surface area contributed by atoms with Gasteiger partial charge in [-0.05, 0) is 44.5 Å². The number of carbonyl (C=O) groups is 2. The maximum Gasteiger partial charge on any atom is 0.417 e. The number of likely N-dealkylation sites (N-methyl/N-ethyl adjacent to an activating group) is 1. The van der Waals surface area contributed by atoms with Gasteiger partial charge in [-0.15, -0.1) is 0 Å². The smallest absolute Gasteiger partial charge is 0.366 e. The van der Waals surface area contributed by atoms with Crippen LogP contribution in [0.1, 0.15) is 30.2 Å². The fraction of sp³-hybridized carbons (Fsp3) is 0.484. The molecule has 45 heavy (non-hydrogen) atoms. The summed E-state index contributed by atoms with van der Waals surface area (Å²) in [6.07, 6.45) is -3.37. The standard InChI is InChI=1S/C31H36F4N8O2/c1-5-26(44)43-17-30(18-43)16-41(15-20(3)39-30)11-12-42-10-9-24(29(45)40(4)25-8-6-7-23(32)27(25)42)38-28-21(14-36)22(31(33,34)35)13-19(2)37-28/h5-8,13,20,24,39H,1,9-12,15-18H2,2-4H3,(H,37,38)/t20-,24+/m1/s1. The summed E-state index contributed by atoms with van der Waals surface area (Å²) < 4.78 is 56.6. The monoisotopic (exact) mass is 628 g/mol. The van der Waals surface area contributed by atoms with E-state index in [1.807, 2.05) is 4.90 Å². The summed E-state index contributed by atoms with van der Waals surface area (Å²) in [5, 5.41) is 16.1. The predicted octanol–water partition coefficient (Wildman–Crippen LogP) is 3.13. The normalized spacial score (nSPS) is 21.8. The van der Waals surface area contributed by atoms with Gasteiger partial charge in [0, 0.05) is 64.6 Å². The highest BCUT2D eigenvalue weighted by atomic mass is 19.4. The number of halogens is 4. The minimum absolute atomic E-state index is 0.0379. The van der Waals surface area contributed by atoms with Crippen LogP contribution >= 0.6 is 0 Å². The van der Waals surface area contributed by atoms with E-state index in [0.717, 1.165) is 12.6 Å². The summed E-state index contributed by atoms with van der Waals surface area (Å²) in [7, 11) is 1.49. The number of carbonyl (C=O) groups excluding carboxylic acids is 2. The maximum atomic E-state index is 15.4. The number of rotatable bonds is 6. The number of alkyl halides is 3. The Morgan fingerprint density at radius 1 is 1.29 bits per heavy atom. The highest BCUT2D eigenvalue weighted by Crippen LogP contribution is 2.37. The number of anilines is 3. The van der Waals surface area contributed by atoms with E-state index in [1.54, 1.807) is 17.0 Å². The summed E-state index contributed by atoms with van der Waals surface area (Å²) in [6.45, 7) is 10.8. The first-order valence-electron chi connectivity index (χ1n) is 14.7. The van der Waals surface area contributed by atoms with E-state index in [2.05, 4.69) is 34.0 Å². The Hall–Kier alpha value is -4.22. The van der Waals surface area contributed by atoms with Gasteiger partial charge in [-0.3, -0.25) is 14.5 Å². The van der Waals surface area contributed by atoms with Crippen LogP contribution in [0.5, 0.6) is 0 Å². The highest BCUT2D eigenvalue weighted by Gasteiger charge is 2.48. The van der Waals surface area contributed by atoms with Crippen molar-refractivity contribution in [3.05, 3.63) is 59.6 Å². The molecule has 4 heterocycles. The molecule has 1 aromatic heterocycles. The Labute approximate surface area is 259 Å². The molecule has 0 bridgehead atoms. The molecule has 10 nitrogen and oxygen atoms in total. The van der Waals surface area contributed by atoms with Crippen LogP contribution in [0, 0.1) is 24.1 Å². The van der Waals surface area contributed by atoms with Gasteiger partial charge >= 0.3 is 6.18 Å². The van der Waals surface area contributed by atoms with Crippen LogP contribution < -0.4 is 20.4 Å². The molecule has 0 saturated carbocycles. The third kappa shape index (κ3) is 6.46. The summed E-state index contributed by atoms with van der Waals surface area (Å²) in [5.41, 5.74) is -1.45. The second-order valence-corrected chi connectivity index (χ2v) is 12.1. The van der Waals surface area contributed by atoms with E-state index in [1.165, 1.54) is 37.1 Å². The molecule has 1 spiro atoms. The molecule has 14 heteroatoms. The zero-order chi connectivity index (χ0) is 32.7. The van der Waals surface area contributed by atoms with E-state index in [9.17, 15) is 28.0 Å². The fourth-order valence-corrected chi connectivity index (χ4v) is 6.68. The number of piperazine rings is 1. The number of hydrogen-bond donors (Lipinski definition) is 2. The van der Waals surface area contributed by atoms with E-state index in [0.29, 0.717) is 38.4 Å². The van der Waals surface area contributed by atoms with Crippen molar-refractivity contribution in [1.29, 1.82) is 5.26 Å². The molecule has 3 aliphatic heterocycles. The maximum absolute atomic E-state index is 15.4. The number of benzene rings is 1. The fourth-order valence-electron chi connectivity index (χ4n) is 6.68. The topological polar surface area (TPSA) is 108 Å². The molecule has 2 atom stereocenters. The van der Waals surface area contributed by atoms with Crippen LogP contribution in [-0.2, 0) is 15.8 Å². The molecule has 2 amide bonds. The molecule has 2 fully saturated rings. The van der Waals surface area contributed by atoms with Crippen molar-refractivity contribution in [2.75, 3.05) is 68.0 Å². The molecule has 3 aliphatic rings. The Morgan fingerprint density at radius 3 is 2.69 bits per heavy atom. The SMILES string of the molecule is C=CC(=O)N1CC2(CN(CCN3CC[C@H](Nc4nc(C)cc(C(F)(F)F)c4C#N)C(=O)N(C)c4cccc(F)c43)C[C@@H](C)N2)C1. The summed E-state index contributed by atoms with van der Waals surface area (Å²) in [6, 6.07) is 5.97. The summed E-state index contributed by atoms with van der Waals surface area (Å²) in [5.74, 6) is -1.43. The number of nitrogens with one attached hydrogen (secondary N) is 2. The second kappa shape index (κ2) is 12.3. The van der Waals surface area contributed by atoms with Crippen molar-refractivity contribution in [3.63, 3.8) is 0 Å². The van der Waals surface area contributed by atoms with Crippen molar-refractivity contribution in [2.45, 2.75) is 44.1 Å². The third-order valence-electron chi connectivity index (χ3n) is 8.61. The van der Waals surface area contributed by atoms with Crippen LogP contribution in [0.3, 0.4) is 0 Å². The third-order valence-corrected chi connectivity index (χ3v) is 8.61. The molecule has 2 N–H and O–H groups in total. The lowest BCUT2D eigenvalue weighted by molar-refractivity contribution is -0.138. The average molecular weight is 629 g/mol. The van der Waals surface area contributed by atoms with Crippen LogP contribution in [0.15, 0.2) is 36.9 Å². The number of fused-ring (bicyclic) bond motifs is 1. The van der Waals surface area contributed by atoms with E-state index >= 15 is 4.39 Å². The quantitative estimate of drug-likeness (QED) is 0.372. The molecule has 0 aliphatic carbocycles. The van der Waals surface area contributed by atoms with Gasteiger partial charge in [0.25, 0.3) is 0 Å². The number of aromatic nitrogens is 1. The van der Waals surface area contributed by atoms with Crippen molar-refractivity contribution in [3.8, 4) is 6.07 Å². The van der Waals surface area contributed by atoms with Crippen LogP contribution in [0.25, 0.3) is 0 Å². The van der Waals surface area contributed by atoms with Gasteiger partial charge in [-0.1, -0.05) is 12.6 Å². The van der Waals surface area contributed by atoms with Crippen LogP contribution in [0.4, 0.5) is 34.8 Å². The minimum atomic E-state index is -4.79. The zero-order valence-electron chi connectivity index (χ0n) is 25.4. The summed E-state index contributed by atoms with van der Waals surface area (Å²) >= 11 is 0. The Morgan fingerprint density at radius 2 is 2.02 bits per heavy atom. The molecule has 0 radical (unpaired) electrons. The van der Waals surface area contributed by atoms with Gasteiger partial charge in [0.1, 0.15) is 29.3 Å². The number of amides is 2. The first kappa shape index (κ1) is 32.2. The lowest BCUT2D eigenvalue weighted by Crippen LogP contribution is -2.78. The van der Waals surface area contributed by atoms with Gasteiger partial charge in [0.15, 0.2) is 0 Å². The van der Waals surface area contributed by atoms with Gasteiger partial charge in [0.05, 0.1) is 22.5 Å². The molecule has 5 rings (SSSR count). The molecule has 1 aromatic carbocycles. The lowest BCUT2D eigenvalue weighted by Gasteiger charge is -2.56. The van der Waals surface area contributed by atoms with Gasteiger partial charge < -0.3 is 25.3 Å². The van der Waals surface area contributed by atoms with Crippen LogP contribution in [-0.4, -0.2) is 97.1 Å². The van der Waals surface area contributed by atoms with E-state index in [4.69, 9.17) is 0 Å². The minimum Gasteiger partial charge on any atom is -0.366 e. The first-order valence-corrected chi connectivity index (χ1v) is 14.7. The van der Waals surface area contributed by atoms with E-state index in [-0.39, 0.29) is 47.7 Å². The number of likely N-dealkylation sites (tertiary alicyclic amines) is 1. The largest absolute Gasteiger partial charge is 0.417 e. The Bertz CT molecular complexity index is 1530. The Kier molecular flexibility index (Phi) is 8.79. The number of nitrogens with zero attached hydrogens (tertiary/aromatic N) is 6. The van der Waals surface area contributed by atoms with E-state index < -0.39 is 35.1 Å². The van der Waals surface area contributed by atoms with Crippen molar-refractivity contribution in [1.82, 2.24) is 20.1 Å².